The maximum Gasteiger partial charge on any atom is 0.159 e. The van der Waals surface area contributed by atoms with E-state index in [2.05, 4.69) is 219 Å². The van der Waals surface area contributed by atoms with Crippen LogP contribution in [0.3, 0.4) is 0 Å². The minimum atomic E-state index is -0.232. The molecular formula is C61H44N2O2. The lowest BCUT2D eigenvalue weighted by molar-refractivity contribution is 0.662. The van der Waals surface area contributed by atoms with Crippen LogP contribution >= 0.6 is 0 Å². The first kappa shape index (κ1) is 37.5. The summed E-state index contributed by atoms with van der Waals surface area (Å²) in [4.78, 5) is 4.73. The molecule has 0 fully saturated rings. The van der Waals surface area contributed by atoms with E-state index in [1.807, 2.05) is 12.1 Å². The zero-order valence-electron chi connectivity index (χ0n) is 36.7. The summed E-state index contributed by atoms with van der Waals surface area (Å²) in [6.45, 7) is 9.13. The second-order valence-corrected chi connectivity index (χ2v) is 18.2. The van der Waals surface area contributed by atoms with Gasteiger partial charge in [-0.25, -0.2) is 0 Å². The van der Waals surface area contributed by atoms with Gasteiger partial charge in [0.1, 0.15) is 11.2 Å². The zero-order chi connectivity index (χ0) is 43.6. The molecule has 1 aliphatic carbocycles. The summed E-state index contributed by atoms with van der Waals surface area (Å²) in [5, 5.41) is 9.31. The van der Waals surface area contributed by atoms with Crippen molar-refractivity contribution in [2.24, 2.45) is 0 Å². The molecule has 2 aromatic heterocycles. The molecule has 13 rings (SSSR count). The first-order valence-corrected chi connectivity index (χ1v) is 22.5. The molecule has 0 atom stereocenters. The Kier molecular flexibility index (Phi) is 8.05. The molecule has 0 saturated heterocycles. The number of nitrogens with zero attached hydrogens (tertiary/aromatic N) is 2. The Bertz CT molecular complexity index is 3670. The number of hydrogen-bond donors (Lipinski definition) is 0. The van der Waals surface area contributed by atoms with Gasteiger partial charge in [-0.1, -0.05) is 123 Å². The third kappa shape index (κ3) is 5.63. The Morgan fingerprint density at radius 3 is 1.22 bits per heavy atom. The monoisotopic (exact) mass is 836 g/mol. The summed E-state index contributed by atoms with van der Waals surface area (Å²) in [6.07, 6.45) is 0. The summed E-state index contributed by atoms with van der Waals surface area (Å²) in [6, 6.07) is 70.4. The van der Waals surface area contributed by atoms with E-state index in [1.165, 1.54) is 54.9 Å². The normalized spacial score (nSPS) is 13.0. The predicted octanol–water partition coefficient (Wildman–Crippen LogP) is 17.7. The number of benzene rings is 10. The van der Waals surface area contributed by atoms with Gasteiger partial charge in [-0.15, -0.1) is 0 Å². The number of rotatable bonds is 6. The van der Waals surface area contributed by atoms with Crippen molar-refractivity contribution in [2.45, 2.75) is 33.1 Å². The molecule has 12 aromatic rings. The highest BCUT2D eigenvalue weighted by atomic mass is 16.3. The van der Waals surface area contributed by atoms with E-state index in [1.54, 1.807) is 0 Å². The van der Waals surface area contributed by atoms with Crippen molar-refractivity contribution in [1.29, 1.82) is 0 Å². The molecule has 0 aliphatic heterocycles. The van der Waals surface area contributed by atoms with Crippen LogP contribution in [0.4, 0.5) is 34.1 Å². The number of aryl methyl sites for hydroxylation is 2. The van der Waals surface area contributed by atoms with Gasteiger partial charge in [0.15, 0.2) is 11.2 Å². The molecule has 0 spiro atoms. The van der Waals surface area contributed by atoms with E-state index >= 15 is 0 Å². The molecule has 310 valence electrons. The standard InChI is InChI=1S/C61H44N2O2/c1-37-15-5-9-21-53(37)62(55-23-13-19-47-45-17-7-11-25-57(45)64-59(47)55)43-29-27-39-33-49-50-34-40-28-30-44(32-42(40)36-52(50)61(3,4)51(49)35-41(39)31-43)63(54-22-10-6-16-38(54)2)56-24-14-20-48-46-18-8-12-26-58(46)65-60(48)56/h5-36H,1-4H3. The fourth-order valence-electron chi connectivity index (χ4n) is 10.7. The van der Waals surface area contributed by atoms with Crippen LogP contribution in [0.2, 0.25) is 0 Å². The van der Waals surface area contributed by atoms with Gasteiger partial charge in [-0.05, 0) is 154 Å². The molecule has 2 heterocycles. The summed E-state index contributed by atoms with van der Waals surface area (Å²) in [5.41, 5.74) is 17.4. The van der Waals surface area contributed by atoms with E-state index in [-0.39, 0.29) is 5.41 Å². The van der Waals surface area contributed by atoms with Gasteiger partial charge in [0.2, 0.25) is 0 Å². The van der Waals surface area contributed by atoms with Crippen LogP contribution in [0, 0.1) is 13.8 Å². The van der Waals surface area contributed by atoms with Gasteiger partial charge < -0.3 is 18.6 Å². The fraction of sp³-hybridized carbons (Fsp3) is 0.0820. The smallest absolute Gasteiger partial charge is 0.159 e. The van der Waals surface area contributed by atoms with Crippen LogP contribution in [0.1, 0.15) is 36.1 Å². The van der Waals surface area contributed by atoms with Gasteiger partial charge in [-0.2, -0.15) is 0 Å². The molecule has 65 heavy (non-hydrogen) atoms. The maximum absolute atomic E-state index is 6.64. The summed E-state index contributed by atoms with van der Waals surface area (Å²) in [7, 11) is 0. The highest BCUT2D eigenvalue weighted by molar-refractivity contribution is 6.12. The molecule has 0 amide bonds. The predicted molar refractivity (Wildman–Crippen MR) is 272 cm³/mol. The van der Waals surface area contributed by atoms with Crippen molar-refractivity contribution in [3.8, 4) is 11.1 Å². The van der Waals surface area contributed by atoms with Crippen molar-refractivity contribution in [1.82, 2.24) is 0 Å². The third-order valence-corrected chi connectivity index (χ3v) is 14.0. The molecule has 0 unspecified atom stereocenters. The Morgan fingerprint density at radius 2 is 0.754 bits per heavy atom. The molecule has 0 bridgehead atoms. The lowest BCUT2D eigenvalue weighted by Gasteiger charge is -2.28. The molecule has 4 heteroatoms. The quantitative estimate of drug-likeness (QED) is 0.167. The number of para-hydroxylation sites is 6. The average molecular weight is 837 g/mol. The highest BCUT2D eigenvalue weighted by Crippen LogP contribution is 2.53. The summed E-state index contributed by atoms with van der Waals surface area (Å²) in [5.74, 6) is 0. The molecule has 1 aliphatic rings. The Balaban J connectivity index is 0.941. The van der Waals surface area contributed by atoms with Gasteiger partial charge in [0.25, 0.3) is 0 Å². The minimum absolute atomic E-state index is 0.232. The Labute approximate surface area is 377 Å². The van der Waals surface area contributed by atoms with Crippen LogP contribution < -0.4 is 9.80 Å². The van der Waals surface area contributed by atoms with Gasteiger partial charge in [0, 0.05) is 49.7 Å². The van der Waals surface area contributed by atoms with E-state index in [0.717, 1.165) is 78.0 Å². The zero-order valence-corrected chi connectivity index (χ0v) is 36.7. The number of anilines is 6. The molecular weight excluding hydrogens is 793 g/mol. The first-order chi connectivity index (χ1) is 31.8. The van der Waals surface area contributed by atoms with Crippen LogP contribution in [0.25, 0.3) is 76.5 Å². The van der Waals surface area contributed by atoms with Gasteiger partial charge in [0.05, 0.1) is 11.4 Å². The van der Waals surface area contributed by atoms with Crippen LogP contribution in [-0.2, 0) is 5.41 Å². The van der Waals surface area contributed by atoms with Crippen molar-refractivity contribution >= 4 is 99.5 Å². The van der Waals surface area contributed by atoms with Crippen molar-refractivity contribution in [3.05, 3.63) is 216 Å². The van der Waals surface area contributed by atoms with Gasteiger partial charge in [-0.3, -0.25) is 0 Å². The Morgan fingerprint density at radius 1 is 0.354 bits per heavy atom. The van der Waals surface area contributed by atoms with Crippen LogP contribution in [0.5, 0.6) is 0 Å². The molecule has 10 aromatic carbocycles. The van der Waals surface area contributed by atoms with E-state index in [9.17, 15) is 0 Å². The number of fused-ring (bicyclic) bond motifs is 11. The largest absolute Gasteiger partial charge is 0.454 e. The molecule has 0 radical (unpaired) electrons. The maximum atomic E-state index is 6.64. The highest BCUT2D eigenvalue weighted by Gasteiger charge is 2.36. The SMILES string of the molecule is Cc1ccccc1N(c1ccc2cc3c(cc2c1)C(C)(C)c1cc2cc(N(c4ccccc4C)c4cccc5c4oc4ccccc45)ccc2cc1-3)c1cccc2c1oc1ccccc12. The molecule has 0 N–H and O–H groups in total. The van der Waals surface area contributed by atoms with Crippen LogP contribution in [0.15, 0.2) is 203 Å². The van der Waals surface area contributed by atoms with Gasteiger partial charge >= 0.3 is 0 Å². The van der Waals surface area contributed by atoms with E-state index in [4.69, 9.17) is 8.83 Å². The topological polar surface area (TPSA) is 32.8 Å². The molecule has 4 nitrogen and oxygen atoms in total. The van der Waals surface area contributed by atoms with Crippen LogP contribution in [-0.4, -0.2) is 0 Å². The van der Waals surface area contributed by atoms with Crippen molar-refractivity contribution < 1.29 is 8.83 Å². The average Bonchev–Trinajstić information content (AvgIpc) is 3.97. The summed E-state index contributed by atoms with van der Waals surface area (Å²) < 4.78 is 13.3. The lowest BCUT2D eigenvalue weighted by Crippen LogP contribution is -2.15. The lowest BCUT2D eigenvalue weighted by atomic mass is 9.81. The third-order valence-electron chi connectivity index (χ3n) is 14.0. The second-order valence-electron chi connectivity index (χ2n) is 18.2. The van der Waals surface area contributed by atoms with E-state index < -0.39 is 0 Å². The van der Waals surface area contributed by atoms with Crippen molar-refractivity contribution in [3.63, 3.8) is 0 Å². The first-order valence-electron chi connectivity index (χ1n) is 22.5. The minimum Gasteiger partial charge on any atom is -0.454 e. The Hall–Kier alpha value is -8.08. The second kappa shape index (κ2) is 14.0. The summed E-state index contributed by atoms with van der Waals surface area (Å²) >= 11 is 0. The van der Waals surface area contributed by atoms with Crippen molar-refractivity contribution in [2.75, 3.05) is 9.80 Å². The molecule has 0 saturated carbocycles. The fourth-order valence-corrected chi connectivity index (χ4v) is 10.7. The number of hydrogen-bond acceptors (Lipinski definition) is 4. The number of furan rings is 2. The van der Waals surface area contributed by atoms with E-state index in [0.29, 0.717) is 0 Å².